The van der Waals surface area contributed by atoms with E-state index in [4.69, 9.17) is 21.9 Å². The minimum absolute atomic E-state index is 0.276. The number of para-hydroxylation sites is 1. The van der Waals surface area contributed by atoms with Crippen molar-refractivity contribution < 1.29 is 8.81 Å². The molecule has 3 N–H and O–H groups in total. The lowest BCUT2D eigenvalue weighted by atomic mass is 10.0. The van der Waals surface area contributed by atoms with Gasteiger partial charge < -0.3 is 4.42 Å². The van der Waals surface area contributed by atoms with Gasteiger partial charge in [0.1, 0.15) is 17.6 Å². The second kappa shape index (κ2) is 5.48. The number of aryl methyl sites for hydroxylation is 1. The van der Waals surface area contributed by atoms with Crippen LogP contribution < -0.4 is 11.3 Å². The fourth-order valence-corrected chi connectivity index (χ4v) is 2.54. The normalized spacial score (nSPS) is 12.8. The van der Waals surface area contributed by atoms with Gasteiger partial charge in [-0.25, -0.2) is 9.82 Å². The van der Waals surface area contributed by atoms with Crippen molar-refractivity contribution >= 4 is 22.6 Å². The highest BCUT2D eigenvalue weighted by Gasteiger charge is 2.19. The molecule has 5 heteroatoms. The zero-order valence-corrected chi connectivity index (χ0v) is 12.1. The Labute approximate surface area is 126 Å². The minimum Gasteiger partial charge on any atom is -0.457 e. The summed E-state index contributed by atoms with van der Waals surface area (Å²) in [6.45, 7) is 1.71. The minimum atomic E-state index is -0.441. The highest BCUT2D eigenvalue weighted by Crippen LogP contribution is 2.32. The van der Waals surface area contributed by atoms with Crippen molar-refractivity contribution in [3.05, 3.63) is 70.2 Å². The summed E-state index contributed by atoms with van der Waals surface area (Å²) in [4.78, 5) is 0. The zero-order valence-electron chi connectivity index (χ0n) is 11.4. The van der Waals surface area contributed by atoms with Crippen LogP contribution in [0, 0.1) is 12.7 Å². The number of hydrazine groups is 1. The number of hydrogen-bond acceptors (Lipinski definition) is 3. The summed E-state index contributed by atoms with van der Waals surface area (Å²) in [5, 5.41) is 1.41. The summed E-state index contributed by atoms with van der Waals surface area (Å²) in [7, 11) is 0. The van der Waals surface area contributed by atoms with Crippen molar-refractivity contribution in [2.24, 2.45) is 5.84 Å². The average Bonchev–Trinajstić information content (AvgIpc) is 2.89. The van der Waals surface area contributed by atoms with Crippen molar-refractivity contribution in [2.45, 2.75) is 13.0 Å². The summed E-state index contributed by atoms with van der Waals surface area (Å²) >= 11 is 6.10. The molecule has 0 saturated carbocycles. The molecule has 3 aromatic rings. The summed E-state index contributed by atoms with van der Waals surface area (Å²) in [5.74, 6) is 5.93. The third-order valence-corrected chi connectivity index (χ3v) is 3.79. The van der Waals surface area contributed by atoms with Crippen LogP contribution in [0.1, 0.15) is 22.9 Å². The van der Waals surface area contributed by atoms with Gasteiger partial charge in [0.05, 0.1) is 5.02 Å². The molecule has 108 valence electrons. The SMILES string of the molecule is Cc1ccc(C(NN)c2cc3cccc(Cl)c3o2)cc1F. The van der Waals surface area contributed by atoms with E-state index in [1.807, 2.05) is 24.3 Å². The molecule has 21 heavy (non-hydrogen) atoms. The molecule has 1 atom stereocenters. The standard InChI is InChI=1S/C16H14ClFN2O/c1-9-5-6-10(7-13(9)18)15(20-19)14-8-11-3-2-4-12(17)16(11)21-14/h2-8,15,20H,19H2,1H3. The van der Waals surface area contributed by atoms with Crippen LogP contribution in [0.2, 0.25) is 5.02 Å². The largest absolute Gasteiger partial charge is 0.457 e. The molecule has 0 amide bonds. The van der Waals surface area contributed by atoms with Crippen LogP contribution in [0.5, 0.6) is 0 Å². The Bertz CT molecular complexity index is 800. The fraction of sp³-hybridized carbons (Fsp3) is 0.125. The predicted molar refractivity (Wildman–Crippen MR) is 81.5 cm³/mol. The summed E-state index contributed by atoms with van der Waals surface area (Å²) in [6.07, 6.45) is 0. The molecule has 0 aliphatic heterocycles. The molecule has 0 aliphatic rings. The topological polar surface area (TPSA) is 51.2 Å². The Balaban J connectivity index is 2.09. The first kappa shape index (κ1) is 14.1. The molecule has 1 unspecified atom stereocenters. The maximum atomic E-state index is 13.7. The Kier molecular flexibility index (Phi) is 3.68. The van der Waals surface area contributed by atoms with Gasteiger partial charge in [0, 0.05) is 5.39 Å². The second-order valence-electron chi connectivity index (χ2n) is 4.92. The number of nitrogens with two attached hydrogens (primary N) is 1. The first-order valence-corrected chi connectivity index (χ1v) is 6.88. The van der Waals surface area contributed by atoms with E-state index in [1.165, 1.54) is 6.07 Å². The monoisotopic (exact) mass is 304 g/mol. The van der Waals surface area contributed by atoms with Gasteiger partial charge in [-0.2, -0.15) is 0 Å². The van der Waals surface area contributed by atoms with Gasteiger partial charge in [-0.1, -0.05) is 35.9 Å². The molecular weight excluding hydrogens is 291 g/mol. The molecule has 1 aromatic heterocycles. The van der Waals surface area contributed by atoms with Gasteiger partial charge in [-0.3, -0.25) is 5.84 Å². The van der Waals surface area contributed by atoms with Crippen LogP contribution in [0.3, 0.4) is 0 Å². The van der Waals surface area contributed by atoms with Gasteiger partial charge in [0.25, 0.3) is 0 Å². The maximum absolute atomic E-state index is 13.7. The second-order valence-corrected chi connectivity index (χ2v) is 5.32. The number of fused-ring (bicyclic) bond motifs is 1. The van der Waals surface area contributed by atoms with Crippen LogP contribution in [0.15, 0.2) is 46.9 Å². The predicted octanol–water partition coefficient (Wildman–Crippen LogP) is 4.09. The third-order valence-electron chi connectivity index (χ3n) is 3.50. The molecule has 0 spiro atoms. The van der Waals surface area contributed by atoms with Crippen molar-refractivity contribution in [1.82, 2.24) is 5.43 Å². The number of benzene rings is 2. The highest BCUT2D eigenvalue weighted by atomic mass is 35.5. The lowest BCUT2D eigenvalue weighted by Crippen LogP contribution is -2.28. The molecule has 0 aliphatic carbocycles. The number of halogens is 2. The number of nitrogens with one attached hydrogen (secondary N) is 1. The van der Waals surface area contributed by atoms with Gasteiger partial charge >= 0.3 is 0 Å². The molecule has 1 heterocycles. The van der Waals surface area contributed by atoms with E-state index in [2.05, 4.69) is 5.43 Å². The lowest BCUT2D eigenvalue weighted by molar-refractivity contribution is 0.475. The Morgan fingerprint density at radius 3 is 2.71 bits per heavy atom. The maximum Gasteiger partial charge on any atom is 0.152 e. The van der Waals surface area contributed by atoms with Crippen LogP contribution in [-0.4, -0.2) is 0 Å². The number of furan rings is 1. The van der Waals surface area contributed by atoms with Crippen LogP contribution in [0.4, 0.5) is 4.39 Å². The number of rotatable bonds is 3. The Morgan fingerprint density at radius 1 is 1.24 bits per heavy atom. The van der Waals surface area contributed by atoms with E-state index >= 15 is 0 Å². The first-order chi connectivity index (χ1) is 10.1. The summed E-state index contributed by atoms with van der Waals surface area (Å²) in [6, 6.07) is 11.9. The van der Waals surface area contributed by atoms with E-state index in [0.717, 1.165) is 5.39 Å². The van der Waals surface area contributed by atoms with Gasteiger partial charge in [-0.15, -0.1) is 0 Å². The van der Waals surface area contributed by atoms with Crippen LogP contribution >= 0.6 is 11.6 Å². The molecule has 2 aromatic carbocycles. The quantitative estimate of drug-likeness (QED) is 0.566. The molecule has 3 nitrogen and oxygen atoms in total. The Hall–Kier alpha value is -1.88. The van der Waals surface area contributed by atoms with E-state index in [0.29, 0.717) is 27.5 Å². The highest BCUT2D eigenvalue weighted by molar-refractivity contribution is 6.34. The van der Waals surface area contributed by atoms with E-state index in [9.17, 15) is 4.39 Å². The van der Waals surface area contributed by atoms with Crippen molar-refractivity contribution in [3.63, 3.8) is 0 Å². The van der Waals surface area contributed by atoms with E-state index < -0.39 is 6.04 Å². The molecule has 3 rings (SSSR count). The first-order valence-electron chi connectivity index (χ1n) is 6.50. The van der Waals surface area contributed by atoms with Gasteiger partial charge in [0.2, 0.25) is 0 Å². The van der Waals surface area contributed by atoms with E-state index in [1.54, 1.807) is 19.1 Å². The zero-order chi connectivity index (χ0) is 15.0. The van der Waals surface area contributed by atoms with Crippen molar-refractivity contribution in [2.75, 3.05) is 0 Å². The van der Waals surface area contributed by atoms with Gasteiger partial charge in [0.15, 0.2) is 5.58 Å². The van der Waals surface area contributed by atoms with Crippen LogP contribution in [-0.2, 0) is 0 Å². The van der Waals surface area contributed by atoms with Gasteiger partial charge in [-0.05, 0) is 36.2 Å². The molecule has 0 radical (unpaired) electrons. The van der Waals surface area contributed by atoms with E-state index in [-0.39, 0.29) is 5.82 Å². The van der Waals surface area contributed by atoms with Crippen LogP contribution in [0.25, 0.3) is 11.0 Å². The summed E-state index contributed by atoms with van der Waals surface area (Å²) < 4.78 is 19.5. The Morgan fingerprint density at radius 2 is 2.05 bits per heavy atom. The molecule has 0 fully saturated rings. The third kappa shape index (κ3) is 2.53. The number of hydrogen-bond donors (Lipinski definition) is 2. The summed E-state index contributed by atoms with van der Waals surface area (Å²) in [5.41, 5.74) is 4.53. The lowest BCUT2D eigenvalue weighted by Gasteiger charge is -2.14. The smallest absolute Gasteiger partial charge is 0.152 e. The van der Waals surface area contributed by atoms with Crippen molar-refractivity contribution in [1.29, 1.82) is 0 Å². The average molecular weight is 305 g/mol. The molecule has 0 bridgehead atoms. The van der Waals surface area contributed by atoms with Crippen molar-refractivity contribution in [3.8, 4) is 0 Å². The molecule has 0 saturated heterocycles. The fourth-order valence-electron chi connectivity index (χ4n) is 2.32. The molecular formula is C16H14ClFN2O.